The van der Waals surface area contributed by atoms with Gasteiger partial charge in [-0.1, -0.05) is 127 Å². The first-order valence-corrected chi connectivity index (χ1v) is 15.8. The van der Waals surface area contributed by atoms with Gasteiger partial charge in [0.25, 0.3) is 0 Å². The smallest absolute Gasteiger partial charge is 0.434 e. The van der Waals surface area contributed by atoms with Crippen molar-refractivity contribution in [2.45, 2.75) is 104 Å². The van der Waals surface area contributed by atoms with Crippen molar-refractivity contribution < 1.29 is 28.5 Å². The molecule has 0 atom stereocenters. The summed E-state index contributed by atoms with van der Waals surface area (Å²) in [6.45, 7) is 5.01. The zero-order valence-corrected chi connectivity index (χ0v) is 25.4. The van der Waals surface area contributed by atoms with Crippen LogP contribution in [0, 0.1) is 0 Å². The summed E-state index contributed by atoms with van der Waals surface area (Å²) in [6, 6.07) is 12.4. The van der Waals surface area contributed by atoms with Gasteiger partial charge in [0.1, 0.15) is 5.75 Å². The molecular weight excluding hydrogens is 540 g/mol. The highest BCUT2D eigenvalue weighted by molar-refractivity contribution is 6.31. The number of rotatable bonds is 18. The van der Waals surface area contributed by atoms with Crippen molar-refractivity contribution >= 4 is 45.5 Å². The van der Waals surface area contributed by atoms with Crippen LogP contribution in [0.4, 0.5) is 9.59 Å². The second-order valence-electron chi connectivity index (χ2n) is 10.5. The molecule has 0 amide bonds. The molecular formula is C34H45ClO6. The Balaban J connectivity index is 1.67. The van der Waals surface area contributed by atoms with Gasteiger partial charge in [-0.05, 0) is 31.0 Å². The highest BCUT2D eigenvalue weighted by Crippen LogP contribution is 2.44. The summed E-state index contributed by atoms with van der Waals surface area (Å²) in [7, 11) is 0. The van der Waals surface area contributed by atoms with Gasteiger partial charge < -0.3 is 18.9 Å². The molecule has 6 nitrogen and oxygen atoms in total. The molecule has 0 aliphatic rings. The molecule has 0 saturated carbocycles. The Morgan fingerprint density at radius 1 is 0.561 bits per heavy atom. The van der Waals surface area contributed by atoms with E-state index in [9.17, 15) is 9.59 Å². The monoisotopic (exact) mass is 584 g/mol. The molecule has 0 fully saturated rings. The van der Waals surface area contributed by atoms with E-state index in [2.05, 4.69) is 13.8 Å². The molecule has 0 N–H and O–H groups in total. The van der Waals surface area contributed by atoms with Crippen molar-refractivity contribution in [1.82, 2.24) is 0 Å². The van der Waals surface area contributed by atoms with Crippen LogP contribution in [-0.2, 0) is 9.47 Å². The number of hydrogen-bond donors (Lipinski definition) is 0. The first-order chi connectivity index (χ1) is 20.0. The first-order valence-electron chi connectivity index (χ1n) is 15.4. The minimum absolute atomic E-state index is 0.301. The Labute approximate surface area is 249 Å². The number of carbonyl (C=O) groups excluding carboxylic acids is 2. The fourth-order valence-corrected chi connectivity index (χ4v) is 5.12. The van der Waals surface area contributed by atoms with Crippen LogP contribution in [-0.4, -0.2) is 25.5 Å². The summed E-state index contributed by atoms with van der Waals surface area (Å²) in [4.78, 5) is 25.4. The maximum Gasteiger partial charge on any atom is 0.513 e. The highest BCUT2D eigenvalue weighted by atomic mass is 35.5. The van der Waals surface area contributed by atoms with Gasteiger partial charge in [0.05, 0.1) is 13.2 Å². The lowest BCUT2D eigenvalue weighted by molar-refractivity contribution is 0.0965. The SMILES string of the molecule is CCCCCCCCCOC(=O)Oc1c2ccccc2c(OC(=O)OCCCCCCCCC)c2cc(Cl)ccc12. The topological polar surface area (TPSA) is 71.1 Å². The Morgan fingerprint density at radius 2 is 0.976 bits per heavy atom. The third-order valence-corrected chi connectivity index (χ3v) is 7.43. The van der Waals surface area contributed by atoms with E-state index in [0.29, 0.717) is 51.3 Å². The van der Waals surface area contributed by atoms with Crippen LogP contribution in [0.5, 0.6) is 11.5 Å². The van der Waals surface area contributed by atoms with Crippen LogP contribution in [0.25, 0.3) is 21.5 Å². The third-order valence-electron chi connectivity index (χ3n) is 7.19. The molecule has 0 aliphatic carbocycles. The largest absolute Gasteiger partial charge is 0.513 e. The van der Waals surface area contributed by atoms with Crippen LogP contribution in [0.3, 0.4) is 0 Å². The van der Waals surface area contributed by atoms with Crippen LogP contribution in [0.2, 0.25) is 5.02 Å². The highest BCUT2D eigenvalue weighted by Gasteiger charge is 2.21. The quantitative estimate of drug-likeness (QED) is 0.0640. The van der Waals surface area contributed by atoms with Crippen molar-refractivity contribution in [1.29, 1.82) is 0 Å². The van der Waals surface area contributed by atoms with E-state index >= 15 is 0 Å². The van der Waals surface area contributed by atoms with Gasteiger partial charge in [0, 0.05) is 26.6 Å². The predicted molar refractivity (Wildman–Crippen MR) is 166 cm³/mol. The van der Waals surface area contributed by atoms with Crippen LogP contribution in [0.1, 0.15) is 104 Å². The second-order valence-corrected chi connectivity index (χ2v) is 11.0. The second kappa shape index (κ2) is 18.4. The number of halogens is 1. The molecule has 41 heavy (non-hydrogen) atoms. The Kier molecular flexibility index (Phi) is 14.6. The number of hydrogen-bond acceptors (Lipinski definition) is 6. The molecule has 224 valence electrons. The van der Waals surface area contributed by atoms with Crippen molar-refractivity contribution in [3.05, 3.63) is 47.5 Å². The van der Waals surface area contributed by atoms with Crippen molar-refractivity contribution in [2.75, 3.05) is 13.2 Å². The summed E-state index contributed by atoms with van der Waals surface area (Å²) in [5.41, 5.74) is 0. The average Bonchev–Trinajstić information content (AvgIpc) is 2.97. The third kappa shape index (κ3) is 10.7. The number of benzene rings is 3. The van der Waals surface area contributed by atoms with Gasteiger partial charge in [0.15, 0.2) is 5.75 Å². The van der Waals surface area contributed by atoms with E-state index in [1.165, 1.54) is 51.4 Å². The minimum Gasteiger partial charge on any atom is -0.434 e. The summed E-state index contributed by atoms with van der Waals surface area (Å²) < 4.78 is 22.3. The maximum absolute atomic E-state index is 12.7. The van der Waals surface area contributed by atoms with Gasteiger partial charge in [-0.3, -0.25) is 0 Å². The molecule has 0 heterocycles. The molecule has 0 spiro atoms. The Hall–Kier alpha value is -2.99. The normalized spacial score (nSPS) is 11.1. The van der Waals surface area contributed by atoms with Crippen molar-refractivity contribution in [3.8, 4) is 11.5 Å². The van der Waals surface area contributed by atoms with E-state index in [1.807, 2.05) is 24.3 Å². The zero-order chi connectivity index (χ0) is 29.3. The van der Waals surface area contributed by atoms with Gasteiger partial charge in [-0.15, -0.1) is 0 Å². The molecule has 0 radical (unpaired) electrons. The number of ether oxygens (including phenoxy) is 4. The van der Waals surface area contributed by atoms with Gasteiger partial charge in [-0.25, -0.2) is 9.59 Å². The molecule has 0 aromatic heterocycles. The van der Waals surface area contributed by atoms with E-state index in [4.69, 9.17) is 30.5 Å². The standard InChI is InChI=1S/C34H45ClO6/c1-3-5-7-9-11-13-17-23-38-33(36)40-31-27-19-15-16-20-28(27)32(30-25-26(35)21-22-29(30)31)41-34(37)39-24-18-14-12-10-8-6-4-2/h15-16,19-22,25H,3-14,17-18,23-24H2,1-2H3. The first kappa shape index (κ1) is 32.5. The van der Waals surface area contributed by atoms with Crippen LogP contribution < -0.4 is 9.47 Å². The fourth-order valence-electron chi connectivity index (χ4n) is 4.95. The minimum atomic E-state index is -0.773. The molecule has 7 heteroatoms. The molecule has 3 rings (SSSR count). The maximum atomic E-state index is 12.7. The molecule has 0 unspecified atom stereocenters. The Morgan fingerprint density at radius 3 is 1.46 bits per heavy atom. The average molecular weight is 585 g/mol. The summed E-state index contributed by atoms with van der Waals surface area (Å²) >= 11 is 6.33. The molecule has 0 saturated heterocycles. The lowest BCUT2D eigenvalue weighted by atomic mass is 10.0. The lowest BCUT2D eigenvalue weighted by Crippen LogP contribution is -2.14. The van der Waals surface area contributed by atoms with Crippen molar-refractivity contribution in [2.24, 2.45) is 0 Å². The number of fused-ring (bicyclic) bond motifs is 2. The molecule has 3 aromatic rings. The van der Waals surface area contributed by atoms with E-state index in [-0.39, 0.29) is 0 Å². The summed E-state index contributed by atoms with van der Waals surface area (Å²) in [6.07, 6.45) is 14.2. The summed E-state index contributed by atoms with van der Waals surface area (Å²) in [5.74, 6) is 0.645. The number of carbonyl (C=O) groups is 2. The van der Waals surface area contributed by atoms with E-state index in [1.54, 1.807) is 18.2 Å². The molecule has 0 bridgehead atoms. The Bertz CT molecular complexity index is 1240. The predicted octanol–water partition coefficient (Wildman–Crippen LogP) is 11.2. The van der Waals surface area contributed by atoms with E-state index in [0.717, 1.165) is 38.5 Å². The fraction of sp³-hybridized carbons (Fsp3) is 0.529. The van der Waals surface area contributed by atoms with E-state index < -0.39 is 12.3 Å². The molecule has 0 aliphatic heterocycles. The zero-order valence-electron chi connectivity index (χ0n) is 24.7. The van der Waals surface area contributed by atoms with Crippen LogP contribution >= 0.6 is 11.6 Å². The van der Waals surface area contributed by atoms with Gasteiger partial charge in [-0.2, -0.15) is 0 Å². The van der Waals surface area contributed by atoms with Gasteiger partial charge in [0.2, 0.25) is 0 Å². The lowest BCUT2D eigenvalue weighted by Gasteiger charge is -2.16. The molecule has 3 aromatic carbocycles. The van der Waals surface area contributed by atoms with Gasteiger partial charge >= 0.3 is 12.3 Å². The number of unbranched alkanes of at least 4 members (excludes halogenated alkanes) is 12. The van der Waals surface area contributed by atoms with Crippen molar-refractivity contribution in [3.63, 3.8) is 0 Å². The summed E-state index contributed by atoms with van der Waals surface area (Å²) in [5, 5.41) is 2.80. The van der Waals surface area contributed by atoms with Crippen LogP contribution in [0.15, 0.2) is 42.5 Å².